The molecule has 1 saturated carbocycles. The summed E-state index contributed by atoms with van der Waals surface area (Å²) in [6.07, 6.45) is 3.81. The number of benzene rings is 1. The first-order valence-electron chi connectivity index (χ1n) is 10.0. The number of anilines is 3. The topological polar surface area (TPSA) is 141 Å². The van der Waals surface area contributed by atoms with E-state index in [1.54, 1.807) is 37.5 Å². The second-order valence-corrected chi connectivity index (χ2v) is 7.57. The fraction of sp³-hybridized carbons (Fsp3) is 0.286. The SMILES string of the molecule is C[C@H](NC(=O)O)[C@H](Nc1nc(Nc2cccc(-n3nccn3)c2)c(C#N)cc1F)C1CC1. The summed E-state index contributed by atoms with van der Waals surface area (Å²) < 4.78 is 14.7. The highest BCUT2D eigenvalue weighted by molar-refractivity contribution is 5.67. The van der Waals surface area contributed by atoms with Gasteiger partial charge in [0.05, 0.1) is 29.7 Å². The predicted molar refractivity (Wildman–Crippen MR) is 114 cm³/mol. The van der Waals surface area contributed by atoms with Crippen molar-refractivity contribution in [3.8, 4) is 11.8 Å². The number of aromatic nitrogens is 4. The van der Waals surface area contributed by atoms with Crippen molar-refractivity contribution in [2.24, 2.45) is 5.92 Å². The second kappa shape index (κ2) is 8.89. The van der Waals surface area contributed by atoms with Gasteiger partial charge in [0.25, 0.3) is 0 Å². The van der Waals surface area contributed by atoms with Gasteiger partial charge in [-0.1, -0.05) is 6.07 Å². The highest BCUT2D eigenvalue weighted by Gasteiger charge is 2.36. The van der Waals surface area contributed by atoms with Gasteiger partial charge in [0.1, 0.15) is 6.07 Å². The van der Waals surface area contributed by atoms with Crippen molar-refractivity contribution < 1.29 is 14.3 Å². The Balaban J connectivity index is 1.61. The van der Waals surface area contributed by atoms with Gasteiger partial charge in [0.2, 0.25) is 0 Å². The lowest BCUT2D eigenvalue weighted by Crippen LogP contribution is -2.45. The zero-order valence-corrected chi connectivity index (χ0v) is 17.2. The average Bonchev–Trinajstić information content (AvgIpc) is 3.45. The van der Waals surface area contributed by atoms with Crippen LogP contribution in [-0.4, -0.2) is 43.3 Å². The Labute approximate surface area is 183 Å². The molecule has 32 heavy (non-hydrogen) atoms. The van der Waals surface area contributed by atoms with Crippen molar-refractivity contribution >= 4 is 23.4 Å². The van der Waals surface area contributed by atoms with Gasteiger partial charge in [-0.3, -0.25) is 0 Å². The number of pyridine rings is 1. The Morgan fingerprint density at radius 3 is 2.69 bits per heavy atom. The summed E-state index contributed by atoms with van der Waals surface area (Å²) >= 11 is 0. The molecular weight excluding hydrogens is 415 g/mol. The number of carbonyl (C=O) groups is 1. The second-order valence-electron chi connectivity index (χ2n) is 7.57. The molecule has 0 unspecified atom stereocenters. The van der Waals surface area contributed by atoms with Gasteiger partial charge < -0.3 is 21.1 Å². The standard InChI is InChI=1S/C21H21FN8O2/c1-12(26-21(31)32)18(13-5-6-13)28-20-17(22)9-14(11-23)19(29-20)27-15-3-2-4-16(10-15)30-24-7-8-25-30/h2-4,7-10,12-13,18,26H,5-6H2,1H3,(H,31,32)(H2,27,28,29)/t12-,18-/m0/s1. The predicted octanol–water partition coefficient (Wildman–Crippen LogP) is 3.26. The molecule has 164 valence electrons. The summed E-state index contributed by atoms with van der Waals surface area (Å²) in [4.78, 5) is 16.8. The summed E-state index contributed by atoms with van der Waals surface area (Å²) in [6.45, 7) is 1.72. The molecule has 0 saturated heterocycles. The van der Waals surface area contributed by atoms with Crippen LogP contribution in [0.25, 0.3) is 5.69 Å². The maximum atomic E-state index is 14.7. The zero-order chi connectivity index (χ0) is 22.7. The Morgan fingerprint density at radius 1 is 1.28 bits per heavy atom. The molecule has 1 aliphatic rings. The van der Waals surface area contributed by atoms with Crippen molar-refractivity contribution in [2.45, 2.75) is 31.8 Å². The summed E-state index contributed by atoms with van der Waals surface area (Å²) in [6, 6.07) is 9.43. The van der Waals surface area contributed by atoms with E-state index in [1.165, 1.54) is 4.80 Å². The first-order valence-corrected chi connectivity index (χ1v) is 10.0. The fourth-order valence-electron chi connectivity index (χ4n) is 3.51. The van der Waals surface area contributed by atoms with E-state index >= 15 is 0 Å². The first-order chi connectivity index (χ1) is 15.4. The minimum Gasteiger partial charge on any atom is -0.465 e. The largest absolute Gasteiger partial charge is 0.465 e. The molecule has 2 aromatic heterocycles. The van der Waals surface area contributed by atoms with Crippen molar-refractivity contribution in [2.75, 3.05) is 10.6 Å². The van der Waals surface area contributed by atoms with E-state index in [0.717, 1.165) is 18.9 Å². The van der Waals surface area contributed by atoms with E-state index in [0.29, 0.717) is 11.4 Å². The number of amides is 1. The molecule has 0 radical (unpaired) electrons. The van der Waals surface area contributed by atoms with Crippen molar-refractivity contribution in [3.05, 3.63) is 54.1 Å². The lowest BCUT2D eigenvalue weighted by atomic mass is 10.0. The summed E-state index contributed by atoms with van der Waals surface area (Å²) in [7, 11) is 0. The van der Waals surface area contributed by atoms with E-state index in [4.69, 9.17) is 5.11 Å². The van der Waals surface area contributed by atoms with Crippen LogP contribution in [0, 0.1) is 23.1 Å². The highest BCUT2D eigenvalue weighted by atomic mass is 19.1. The highest BCUT2D eigenvalue weighted by Crippen LogP contribution is 2.36. The van der Waals surface area contributed by atoms with Crippen LogP contribution >= 0.6 is 0 Å². The molecule has 2 heterocycles. The maximum Gasteiger partial charge on any atom is 0.404 e. The quantitative estimate of drug-likeness (QED) is 0.422. The molecule has 1 amide bonds. The lowest BCUT2D eigenvalue weighted by molar-refractivity contribution is 0.188. The Morgan fingerprint density at radius 2 is 2.03 bits per heavy atom. The van der Waals surface area contributed by atoms with Crippen LogP contribution in [0.5, 0.6) is 0 Å². The minimum atomic E-state index is -1.15. The summed E-state index contributed by atoms with van der Waals surface area (Å²) in [5.74, 6) is -0.346. The number of halogens is 1. The van der Waals surface area contributed by atoms with Gasteiger partial charge in [0.15, 0.2) is 17.5 Å². The van der Waals surface area contributed by atoms with Crippen molar-refractivity contribution in [3.63, 3.8) is 0 Å². The van der Waals surface area contributed by atoms with Gasteiger partial charge in [0, 0.05) is 11.7 Å². The molecule has 0 spiro atoms. The number of hydrogen-bond donors (Lipinski definition) is 4. The van der Waals surface area contributed by atoms with Gasteiger partial charge in [-0.2, -0.15) is 20.3 Å². The van der Waals surface area contributed by atoms with Crippen LogP contribution in [0.15, 0.2) is 42.7 Å². The molecule has 1 fully saturated rings. The zero-order valence-electron chi connectivity index (χ0n) is 17.2. The van der Waals surface area contributed by atoms with Gasteiger partial charge in [-0.15, -0.1) is 0 Å². The number of nitrogens with zero attached hydrogens (tertiary/aromatic N) is 5. The van der Waals surface area contributed by atoms with Crippen molar-refractivity contribution in [1.29, 1.82) is 5.26 Å². The van der Waals surface area contributed by atoms with Crippen LogP contribution in [0.4, 0.5) is 26.5 Å². The molecule has 1 aromatic carbocycles. The van der Waals surface area contributed by atoms with Crippen LogP contribution in [0.2, 0.25) is 0 Å². The van der Waals surface area contributed by atoms with Crippen LogP contribution in [-0.2, 0) is 0 Å². The van der Waals surface area contributed by atoms with Crippen LogP contribution < -0.4 is 16.0 Å². The summed E-state index contributed by atoms with van der Waals surface area (Å²) in [5, 5.41) is 35.2. The first kappa shape index (κ1) is 21.0. The molecule has 0 aliphatic heterocycles. The Bertz CT molecular complexity index is 1160. The molecule has 4 N–H and O–H groups in total. The van der Waals surface area contributed by atoms with E-state index in [1.807, 2.05) is 12.1 Å². The van der Waals surface area contributed by atoms with E-state index in [2.05, 4.69) is 31.1 Å². The average molecular weight is 436 g/mol. The molecule has 4 rings (SSSR count). The number of hydrogen-bond acceptors (Lipinski definition) is 7. The van der Waals surface area contributed by atoms with E-state index in [9.17, 15) is 14.4 Å². The maximum absolute atomic E-state index is 14.7. The molecule has 3 aromatic rings. The number of nitriles is 1. The molecular formula is C21H21FN8O2. The third kappa shape index (κ3) is 4.75. The molecule has 10 nitrogen and oxygen atoms in total. The van der Waals surface area contributed by atoms with Crippen molar-refractivity contribution in [1.82, 2.24) is 25.3 Å². The van der Waals surface area contributed by atoms with Crippen LogP contribution in [0.3, 0.4) is 0 Å². The molecule has 2 atom stereocenters. The number of nitrogens with one attached hydrogen (secondary N) is 3. The van der Waals surface area contributed by atoms with Gasteiger partial charge in [-0.05, 0) is 49.9 Å². The molecule has 1 aliphatic carbocycles. The molecule has 0 bridgehead atoms. The Kier molecular flexibility index (Phi) is 5.85. The van der Waals surface area contributed by atoms with Gasteiger partial charge >= 0.3 is 6.09 Å². The van der Waals surface area contributed by atoms with Gasteiger partial charge in [-0.25, -0.2) is 14.2 Å². The Hall–Kier alpha value is -4.20. The number of carboxylic acid groups (broad SMARTS) is 1. The summed E-state index contributed by atoms with van der Waals surface area (Å²) in [5.41, 5.74) is 1.35. The smallest absolute Gasteiger partial charge is 0.404 e. The monoisotopic (exact) mass is 436 g/mol. The lowest BCUT2D eigenvalue weighted by Gasteiger charge is -2.26. The third-order valence-corrected chi connectivity index (χ3v) is 5.18. The normalized spacial score (nSPS) is 14.8. The third-order valence-electron chi connectivity index (χ3n) is 5.18. The fourth-order valence-corrected chi connectivity index (χ4v) is 3.51. The molecule has 11 heteroatoms. The van der Waals surface area contributed by atoms with E-state index < -0.39 is 18.0 Å². The van der Waals surface area contributed by atoms with E-state index in [-0.39, 0.29) is 29.2 Å². The number of rotatable bonds is 8. The van der Waals surface area contributed by atoms with Crippen LogP contribution in [0.1, 0.15) is 25.3 Å². The minimum absolute atomic E-state index is 0.0374.